The minimum absolute atomic E-state index is 0.0317. The summed E-state index contributed by atoms with van der Waals surface area (Å²) in [7, 11) is 0. The molecular formula is C13H10BrFN2O3S. The van der Waals surface area contributed by atoms with Gasteiger partial charge < -0.3 is 10.1 Å². The van der Waals surface area contributed by atoms with Crippen LogP contribution in [0.3, 0.4) is 0 Å². The van der Waals surface area contributed by atoms with Crippen molar-refractivity contribution in [3.63, 3.8) is 0 Å². The second-order valence-electron chi connectivity index (χ2n) is 3.83. The Hall–Kier alpha value is -1.80. The molecule has 0 aliphatic rings. The average Bonchev–Trinajstić information content (AvgIpc) is 2.80. The maximum atomic E-state index is 12.8. The molecule has 0 fully saturated rings. The van der Waals surface area contributed by atoms with E-state index in [9.17, 15) is 14.0 Å². The molecule has 0 aliphatic carbocycles. The highest BCUT2D eigenvalue weighted by molar-refractivity contribution is 9.11. The summed E-state index contributed by atoms with van der Waals surface area (Å²) < 4.78 is 18.1. The smallest absolute Gasteiger partial charge is 0.360 e. The zero-order valence-electron chi connectivity index (χ0n) is 10.9. The second kappa shape index (κ2) is 6.77. The number of aromatic nitrogens is 1. The number of hydrogen-bond donors (Lipinski definition) is 1. The molecule has 1 aromatic carbocycles. The predicted octanol–water partition coefficient (Wildman–Crippen LogP) is 3.47. The molecule has 0 bridgehead atoms. The van der Waals surface area contributed by atoms with Gasteiger partial charge in [-0.05, 0) is 47.1 Å². The molecule has 21 heavy (non-hydrogen) atoms. The molecule has 0 spiro atoms. The van der Waals surface area contributed by atoms with Gasteiger partial charge in [-0.1, -0.05) is 11.3 Å². The van der Waals surface area contributed by atoms with Crippen molar-refractivity contribution in [2.75, 3.05) is 11.9 Å². The van der Waals surface area contributed by atoms with E-state index in [4.69, 9.17) is 4.74 Å². The van der Waals surface area contributed by atoms with Crippen molar-refractivity contribution in [3.05, 3.63) is 45.3 Å². The number of nitrogens with one attached hydrogen (secondary N) is 1. The van der Waals surface area contributed by atoms with Crippen LogP contribution in [0.4, 0.5) is 9.39 Å². The molecule has 2 aromatic rings. The number of anilines is 1. The highest BCUT2D eigenvalue weighted by atomic mass is 79.9. The Morgan fingerprint density at radius 3 is 2.67 bits per heavy atom. The molecule has 1 N–H and O–H groups in total. The Balaban J connectivity index is 2.21. The fourth-order valence-corrected chi connectivity index (χ4v) is 2.83. The number of ether oxygens (including phenoxy) is 1. The van der Waals surface area contributed by atoms with E-state index >= 15 is 0 Å². The van der Waals surface area contributed by atoms with E-state index in [2.05, 4.69) is 26.2 Å². The molecule has 0 saturated heterocycles. The van der Waals surface area contributed by atoms with Gasteiger partial charge in [0.2, 0.25) is 0 Å². The summed E-state index contributed by atoms with van der Waals surface area (Å²) in [6.45, 7) is 1.88. The molecule has 8 heteroatoms. The van der Waals surface area contributed by atoms with E-state index in [0.29, 0.717) is 3.92 Å². The number of thiazole rings is 1. The van der Waals surface area contributed by atoms with Crippen LogP contribution < -0.4 is 5.32 Å². The molecule has 0 atom stereocenters. The van der Waals surface area contributed by atoms with E-state index in [1.54, 1.807) is 6.92 Å². The maximum absolute atomic E-state index is 12.8. The van der Waals surface area contributed by atoms with Gasteiger partial charge in [-0.15, -0.1) is 0 Å². The van der Waals surface area contributed by atoms with E-state index in [-0.39, 0.29) is 22.9 Å². The Bertz CT molecular complexity index is 673. The molecule has 5 nitrogen and oxygen atoms in total. The third-order valence-electron chi connectivity index (χ3n) is 2.40. The number of carbonyl (C=O) groups is 2. The van der Waals surface area contributed by atoms with E-state index in [1.807, 2.05) is 0 Å². The standard InChI is InChI=1S/C13H10BrFN2O3S/c1-2-20-12(19)9-11(21-13(14)16-9)17-10(18)7-3-5-8(15)6-4-7/h3-6H,2H2,1H3,(H,17,18). The first-order valence-electron chi connectivity index (χ1n) is 5.91. The summed E-state index contributed by atoms with van der Waals surface area (Å²) in [5.74, 6) is -1.51. The van der Waals surface area contributed by atoms with Crippen molar-refractivity contribution in [2.45, 2.75) is 6.92 Å². The fourth-order valence-electron chi connectivity index (χ4n) is 1.49. The van der Waals surface area contributed by atoms with Gasteiger partial charge in [-0.3, -0.25) is 4.79 Å². The van der Waals surface area contributed by atoms with E-state index in [1.165, 1.54) is 24.3 Å². The normalized spacial score (nSPS) is 10.2. The number of carbonyl (C=O) groups excluding carboxylic acids is 2. The summed E-state index contributed by atoms with van der Waals surface area (Å²) in [4.78, 5) is 27.8. The molecule has 0 saturated carbocycles. The molecule has 1 amide bonds. The van der Waals surface area contributed by atoms with Crippen LogP contribution in [0.5, 0.6) is 0 Å². The zero-order valence-corrected chi connectivity index (χ0v) is 13.3. The van der Waals surface area contributed by atoms with Gasteiger partial charge in [-0.25, -0.2) is 14.2 Å². The number of esters is 1. The molecular weight excluding hydrogens is 363 g/mol. The van der Waals surface area contributed by atoms with Crippen molar-refractivity contribution >= 4 is 44.1 Å². The van der Waals surface area contributed by atoms with Gasteiger partial charge in [0.15, 0.2) is 9.61 Å². The van der Waals surface area contributed by atoms with Crippen molar-refractivity contribution < 1.29 is 18.7 Å². The van der Waals surface area contributed by atoms with Crippen LogP contribution in [0.25, 0.3) is 0 Å². The van der Waals surface area contributed by atoms with Crippen molar-refractivity contribution in [1.82, 2.24) is 4.98 Å². The van der Waals surface area contributed by atoms with Crippen LogP contribution in [0.15, 0.2) is 28.2 Å². The minimum atomic E-state index is -0.617. The molecule has 1 heterocycles. The third kappa shape index (κ3) is 3.85. The highest BCUT2D eigenvalue weighted by Gasteiger charge is 2.20. The van der Waals surface area contributed by atoms with Crippen molar-refractivity contribution in [1.29, 1.82) is 0 Å². The lowest BCUT2D eigenvalue weighted by Gasteiger charge is -2.05. The number of halogens is 2. The average molecular weight is 373 g/mol. The maximum Gasteiger partial charge on any atom is 0.360 e. The summed E-state index contributed by atoms with van der Waals surface area (Å²) in [5.41, 5.74) is 0.305. The number of benzene rings is 1. The van der Waals surface area contributed by atoms with Gasteiger partial charge >= 0.3 is 5.97 Å². The highest BCUT2D eigenvalue weighted by Crippen LogP contribution is 2.29. The summed E-state index contributed by atoms with van der Waals surface area (Å²) >= 11 is 4.25. The van der Waals surface area contributed by atoms with E-state index in [0.717, 1.165) is 11.3 Å². The van der Waals surface area contributed by atoms with Gasteiger partial charge in [-0.2, -0.15) is 0 Å². The van der Waals surface area contributed by atoms with Crippen LogP contribution in [0.1, 0.15) is 27.8 Å². The van der Waals surface area contributed by atoms with Gasteiger partial charge in [0.1, 0.15) is 10.8 Å². The van der Waals surface area contributed by atoms with Crippen LogP contribution in [0, 0.1) is 5.82 Å². The van der Waals surface area contributed by atoms with Crippen molar-refractivity contribution in [3.8, 4) is 0 Å². The Kier molecular flexibility index (Phi) is 5.03. The number of amides is 1. The topological polar surface area (TPSA) is 68.3 Å². The largest absolute Gasteiger partial charge is 0.461 e. The van der Waals surface area contributed by atoms with Gasteiger partial charge in [0.25, 0.3) is 5.91 Å². The Morgan fingerprint density at radius 1 is 1.38 bits per heavy atom. The number of rotatable bonds is 4. The van der Waals surface area contributed by atoms with Crippen LogP contribution >= 0.6 is 27.3 Å². The SMILES string of the molecule is CCOC(=O)c1nc(Br)sc1NC(=O)c1ccc(F)cc1. The second-order valence-corrected chi connectivity index (χ2v) is 6.10. The number of hydrogen-bond acceptors (Lipinski definition) is 5. The molecule has 2 rings (SSSR count). The minimum Gasteiger partial charge on any atom is -0.461 e. The zero-order chi connectivity index (χ0) is 15.4. The molecule has 1 aromatic heterocycles. The first kappa shape index (κ1) is 15.6. The Morgan fingerprint density at radius 2 is 2.05 bits per heavy atom. The fraction of sp³-hybridized carbons (Fsp3) is 0.154. The van der Waals surface area contributed by atoms with Gasteiger partial charge in [0.05, 0.1) is 6.61 Å². The molecule has 0 aliphatic heterocycles. The Labute approximate surface area is 132 Å². The lowest BCUT2D eigenvalue weighted by molar-refractivity contribution is 0.0521. The van der Waals surface area contributed by atoms with E-state index < -0.39 is 17.7 Å². The third-order valence-corrected chi connectivity index (χ3v) is 3.83. The van der Waals surface area contributed by atoms with Crippen molar-refractivity contribution in [2.24, 2.45) is 0 Å². The number of nitrogens with zero attached hydrogens (tertiary/aromatic N) is 1. The van der Waals surface area contributed by atoms with Crippen LogP contribution in [-0.4, -0.2) is 23.5 Å². The summed E-state index contributed by atoms with van der Waals surface area (Å²) in [6, 6.07) is 5.07. The predicted molar refractivity (Wildman–Crippen MR) is 80.1 cm³/mol. The van der Waals surface area contributed by atoms with Crippen LogP contribution in [0.2, 0.25) is 0 Å². The molecule has 0 unspecified atom stereocenters. The first-order chi connectivity index (χ1) is 10.0. The lowest BCUT2D eigenvalue weighted by Crippen LogP contribution is -2.14. The monoisotopic (exact) mass is 372 g/mol. The first-order valence-corrected chi connectivity index (χ1v) is 7.52. The lowest BCUT2D eigenvalue weighted by atomic mass is 10.2. The van der Waals surface area contributed by atoms with Crippen LogP contribution in [-0.2, 0) is 4.74 Å². The summed E-state index contributed by atoms with van der Waals surface area (Å²) in [5, 5.41) is 2.84. The molecule has 110 valence electrons. The quantitative estimate of drug-likeness (QED) is 0.834. The van der Waals surface area contributed by atoms with Gasteiger partial charge in [0, 0.05) is 5.56 Å². The summed E-state index contributed by atoms with van der Waals surface area (Å²) in [6.07, 6.45) is 0. The molecule has 0 radical (unpaired) electrons.